The standard InChI is InChI=1S/C26H54N4O2/c1-21(29-14-12-24(22(29)2)32-17-15-27(8)9)11-13-28(10)16-18-31-23-19-26(6,7)30(20-23)25(3,4)5/h21-24H,11-20H2,1-10H3/t21?,22?,23-,24+/m1/s1. The zero-order valence-electron chi connectivity index (χ0n) is 23.0. The smallest absolute Gasteiger partial charge is 0.0740 e. The summed E-state index contributed by atoms with van der Waals surface area (Å²) < 4.78 is 12.5. The highest BCUT2D eigenvalue weighted by Crippen LogP contribution is 2.36. The van der Waals surface area contributed by atoms with Crippen molar-refractivity contribution in [2.75, 3.05) is 67.1 Å². The zero-order valence-corrected chi connectivity index (χ0v) is 23.0. The maximum absolute atomic E-state index is 6.31. The van der Waals surface area contributed by atoms with Crippen molar-refractivity contribution in [2.45, 2.75) is 103 Å². The fourth-order valence-electron chi connectivity index (χ4n) is 5.70. The molecule has 6 nitrogen and oxygen atoms in total. The summed E-state index contributed by atoms with van der Waals surface area (Å²) in [5.41, 5.74) is 0.405. The number of likely N-dealkylation sites (N-methyl/N-ethyl adjacent to an activating group) is 2. The van der Waals surface area contributed by atoms with Gasteiger partial charge in [-0.25, -0.2) is 0 Å². The second-order valence-corrected chi connectivity index (χ2v) is 12.2. The van der Waals surface area contributed by atoms with Crippen LogP contribution in [0.3, 0.4) is 0 Å². The lowest BCUT2D eigenvalue weighted by molar-refractivity contribution is 0.0175. The van der Waals surface area contributed by atoms with Crippen molar-refractivity contribution in [1.29, 1.82) is 0 Å². The molecular weight excluding hydrogens is 400 g/mol. The molecule has 2 aliphatic rings. The second-order valence-electron chi connectivity index (χ2n) is 12.2. The first-order chi connectivity index (χ1) is 14.8. The van der Waals surface area contributed by atoms with Crippen molar-refractivity contribution < 1.29 is 9.47 Å². The average Bonchev–Trinajstić information content (AvgIpc) is 3.18. The lowest BCUT2D eigenvalue weighted by atomic mass is 9.96. The molecule has 2 unspecified atom stereocenters. The summed E-state index contributed by atoms with van der Waals surface area (Å²) in [5, 5.41) is 0. The normalized spacial score (nSPS) is 28.3. The third-order valence-corrected chi connectivity index (χ3v) is 7.58. The first-order valence-electron chi connectivity index (χ1n) is 12.9. The maximum Gasteiger partial charge on any atom is 0.0740 e. The van der Waals surface area contributed by atoms with E-state index in [1.165, 1.54) is 6.42 Å². The molecule has 2 aliphatic heterocycles. The highest BCUT2D eigenvalue weighted by molar-refractivity contribution is 4.99. The van der Waals surface area contributed by atoms with Crippen LogP contribution in [-0.4, -0.2) is 122 Å². The van der Waals surface area contributed by atoms with Crippen molar-refractivity contribution in [3.05, 3.63) is 0 Å². The Morgan fingerprint density at radius 2 is 1.69 bits per heavy atom. The van der Waals surface area contributed by atoms with E-state index in [2.05, 4.69) is 89.2 Å². The van der Waals surface area contributed by atoms with E-state index in [0.29, 0.717) is 24.3 Å². The Balaban J connectivity index is 1.64. The van der Waals surface area contributed by atoms with Crippen molar-refractivity contribution in [3.8, 4) is 0 Å². The SMILES string of the molecule is CC(CCN(C)CCO[C@H]1CN(C(C)(C)C)C(C)(C)C1)N1CC[C@H](OCCN(C)C)C1C. The predicted octanol–water partition coefficient (Wildman–Crippen LogP) is 3.41. The minimum absolute atomic E-state index is 0.192. The van der Waals surface area contributed by atoms with E-state index in [4.69, 9.17) is 9.47 Å². The minimum atomic E-state index is 0.192. The van der Waals surface area contributed by atoms with E-state index in [1.54, 1.807) is 0 Å². The molecule has 0 radical (unpaired) electrons. The van der Waals surface area contributed by atoms with E-state index in [1.807, 2.05) is 0 Å². The number of nitrogens with zero attached hydrogens (tertiary/aromatic N) is 4. The van der Waals surface area contributed by atoms with Crippen LogP contribution in [0.25, 0.3) is 0 Å². The van der Waals surface area contributed by atoms with Crippen LogP contribution in [-0.2, 0) is 9.47 Å². The van der Waals surface area contributed by atoms with Gasteiger partial charge in [-0.2, -0.15) is 0 Å². The Morgan fingerprint density at radius 3 is 2.28 bits per heavy atom. The van der Waals surface area contributed by atoms with Gasteiger partial charge in [-0.05, 0) is 95.4 Å². The molecule has 2 rings (SSSR count). The van der Waals surface area contributed by atoms with Gasteiger partial charge in [0.05, 0.1) is 25.4 Å². The molecule has 0 bridgehead atoms. The first kappa shape index (κ1) is 28.0. The van der Waals surface area contributed by atoms with E-state index >= 15 is 0 Å². The van der Waals surface area contributed by atoms with Crippen LogP contribution in [0.15, 0.2) is 0 Å². The molecule has 2 fully saturated rings. The highest BCUT2D eigenvalue weighted by atomic mass is 16.5. The van der Waals surface area contributed by atoms with E-state index in [0.717, 1.165) is 58.8 Å². The van der Waals surface area contributed by atoms with Crippen LogP contribution in [0.4, 0.5) is 0 Å². The molecule has 0 amide bonds. The number of rotatable bonds is 12. The van der Waals surface area contributed by atoms with Crippen molar-refractivity contribution in [2.24, 2.45) is 0 Å². The minimum Gasteiger partial charge on any atom is -0.375 e. The predicted molar refractivity (Wildman–Crippen MR) is 136 cm³/mol. The fraction of sp³-hybridized carbons (Fsp3) is 1.00. The zero-order chi connectivity index (χ0) is 24.1. The number of ether oxygens (including phenoxy) is 2. The van der Waals surface area contributed by atoms with Gasteiger partial charge in [0.1, 0.15) is 0 Å². The molecule has 32 heavy (non-hydrogen) atoms. The van der Waals surface area contributed by atoms with Gasteiger partial charge < -0.3 is 19.3 Å². The van der Waals surface area contributed by atoms with Gasteiger partial charge in [0, 0.05) is 49.3 Å². The summed E-state index contributed by atoms with van der Waals surface area (Å²) in [6, 6.07) is 1.10. The lowest BCUT2D eigenvalue weighted by Crippen LogP contribution is -2.50. The molecule has 0 aliphatic carbocycles. The van der Waals surface area contributed by atoms with Crippen LogP contribution < -0.4 is 0 Å². The molecular formula is C26H54N4O2. The summed E-state index contributed by atoms with van der Waals surface area (Å²) in [4.78, 5) is 9.87. The van der Waals surface area contributed by atoms with Crippen LogP contribution in [0, 0.1) is 0 Å². The first-order valence-corrected chi connectivity index (χ1v) is 12.9. The summed E-state index contributed by atoms with van der Waals surface area (Å²) in [7, 11) is 6.44. The number of hydrogen-bond donors (Lipinski definition) is 0. The Bertz CT molecular complexity index is 548. The fourth-order valence-corrected chi connectivity index (χ4v) is 5.70. The molecule has 0 spiro atoms. The molecule has 2 heterocycles. The lowest BCUT2D eigenvalue weighted by Gasteiger charge is -2.41. The molecule has 2 saturated heterocycles. The van der Waals surface area contributed by atoms with Crippen LogP contribution in [0.2, 0.25) is 0 Å². The van der Waals surface area contributed by atoms with Gasteiger partial charge in [-0.1, -0.05) is 0 Å². The Hall–Kier alpha value is -0.240. The van der Waals surface area contributed by atoms with E-state index in [-0.39, 0.29) is 11.1 Å². The summed E-state index contributed by atoms with van der Waals surface area (Å²) >= 11 is 0. The summed E-state index contributed by atoms with van der Waals surface area (Å²) in [6.45, 7) is 23.3. The quantitative estimate of drug-likeness (QED) is 0.449. The molecule has 0 N–H and O–H groups in total. The highest BCUT2D eigenvalue weighted by Gasteiger charge is 2.43. The molecule has 4 atom stereocenters. The van der Waals surface area contributed by atoms with Crippen molar-refractivity contribution in [3.63, 3.8) is 0 Å². The van der Waals surface area contributed by atoms with Gasteiger partial charge in [-0.3, -0.25) is 9.80 Å². The summed E-state index contributed by atoms with van der Waals surface area (Å²) in [5.74, 6) is 0. The molecule has 6 heteroatoms. The van der Waals surface area contributed by atoms with Crippen LogP contribution >= 0.6 is 0 Å². The Morgan fingerprint density at radius 1 is 1.03 bits per heavy atom. The van der Waals surface area contributed by atoms with Crippen LogP contribution in [0.5, 0.6) is 0 Å². The molecule has 190 valence electrons. The van der Waals surface area contributed by atoms with Gasteiger partial charge >= 0.3 is 0 Å². The molecule has 0 aromatic carbocycles. The van der Waals surface area contributed by atoms with Gasteiger partial charge in [0.25, 0.3) is 0 Å². The summed E-state index contributed by atoms with van der Waals surface area (Å²) in [6.07, 6.45) is 4.21. The Labute approximate surface area is 199 Å². The van der Waals surface area contributed by atoms with Crippen molar-refractivity contribution in [1.82, 2.24) is 19.6 Å². The molecule has 0 aromatic heterocycles. The topological polar surface area (TPSA) is 31.4 Å². The van der Waals surface area contributed by atoms with E-state index < -0.39 is 0 Å². The monoisotopic (exact) mass is 454 g/mol. The maximum atomic E-state index is 6.31. The number of likely N-dealkylation sites (tertiary alicyclic amines) is 2. The van der Waals surface area contributed by atoms with Gasteiger partial charge in [0.15, 0.2) is 0 Å². The third-order valence-electron chi connectivity index (χ3n) is 7.58. The molecule has 0 aromatic rings. The van der Waals surface area contributed by atoms with Gasteiger partial charge in [-0.15, -0.1) is 0 Å². The van der Waals surface area contributed by atoms with Gasteiger partial charge in [0.2, 0.25) is 0 Å². The third kappa shape index (κ3) is 8.21. The Kier molecular flexibility index (Phi) is 10.5. The number of hydrogen-bond acceptors (Lipinski definition) is 6. The largest absolute Gasteiger partial charge is 0.375 e. The molecule has 0 saturated carbocycles. The van der Waals surface area contributed by atoms with Crippen LogP contribution in [0.1, 0.15) is 67.7 Å². The second kappa shape index (κ2) is 11.9. The average molecular weight is 455 g/mol. The van der Waals surface area contributed by atoms with E-state index in [9.17, 15) is 0 Å². The van der Waals surface area contributed by atoms with Crippen molar-refractivity contribution >= 4 is 0 Å².